The molecule has 0 bridgehead atoms. The van der Waals surface area contributed by atoms with Crippen molar-refractivity contribution in [3.8, 4) is 5.88 Å². The zero-order chi connectivity index (χ0) is 12.0. The molecule has 0 amide bonds. The topological polar surface area (TPSA) is 34.2 Å². The number of hydrogen-bond donors (Lipinski definition) is 1. The lowest BCUT2D eigenvalue weighted by Gasteiger charge is -2.09. The van der Waals surface area contributed by atoms with Gasteiger partial charge in [-0.05, 0) is 18.2 Å². The van der Waals surface area contributed by atoms with Crippen molar-refractivity contribution in [2.45, 2.75) is 19.6 Å². The normalized spacial score (nSPS) is 11.5. The number of pyridine rings is 1. The fourth-order valence-electron chi connectivity index (χ4n) is 1.06. The van der Waals surface area contributed by atoms with Crippen LogP contribution in [-0.4, -0.2) is 24.3 Å². The van der Waals surface area contributed by atoms with Crippen molar-refractivity contribution in [2.75, 3.05) is 13.2 Å². The van der Waals surface area contributed by atoms with Crippen LogP contribution in [0.2, 0.25) is 0 Å². The maximum atomic E-state index is 11.9. The third-order valence-corrected chi connectivity index (χ3v) is 1.76. The van der Waals surface area contributed by atoms with Crippen LogP contribution in [0.25, 0.3) is 0 Å². The first-order chi connectivity index (χ1) is 7.51. The van der Waals surface area contributed by atoms with Gasteiger partial charge in [-0.15, -0.1) is 0 Å². The monoisotopic (exact) mass is 234 g/mol. The molecule has 3 nitrogen and oxygen atoms in total. The molecule has 6 heteroatoms. The van der Waals surface area contributed by atoms with Gasteiger partial charge in [0.2, 0.25) is 5.88 Å². The molecule has 0 fully saturated rings. The zero-order valence-corrected chi connectivity index (χ0v) is 8.84. The second-order valence-corrected chi connectivity index (χ2v) is 3.19. The van der Waals surface area contributed by atoms with Gasteiger partial charge in [0.05, 0.1) is 0 Å². The predicted octanol–water partition coefficient (Wildman–Crippen LogP) is 2.13. The quantitative estimate of drug-likeness (QED) is 0.847. The summed E-state index contributed by atoms with van der Waals surface area (Å²) in [4.78, 5) is 3.70. The summed E-state index contributed by atoms with van der Waals surface area (Å²) in [5.74, 6) is -0.00673. The average Bonchev–Trinajstić information content (AvgIpc) is 2.23. The van der Waals surface area contributed by atoms with E-state index < -0.39 is 12.8 Å². The highest BCUT2D eigenvalue weighted by atomic mass is 19.4. The minimum atomic E-state index is -4.33. The number of aromatic nitrogens is 1. The van der Waals surface area contributed by atoms with Crippen molar-refractivity contribution in [1.82, 2.24) is 10.3 Å². The fraction of sp³-hybridized carbons (Fsp3) is 0.500. The molecule has 0 aliphatic heterocycles. The lowest BCUT2D eigenvalue weighted by atomic mass is 10.2. The van der Waals surface area contributed by atoms with Crippen LogP contribution in [-0.2, 0) is 6.54 Å². The van der Waals surface area contributed by atoms with Crippen LogP contribution >= 0.6 is 0 Å². The summed E-state index contributed by atoms with van der Waals surface area (Å²) in [7, 11) is 0. The highest BCUT2D eigenvalue weighted by molar-refractivity contribution is 5.20. The van der Waals surface area contributed by atoms with E-state index >= 15 is 0 Å². The second kappa shape index (κ2) is 5.69. The van der Waals surface area contributed by atoms with Crippen molar-refractivity contribution in [3.05, 3.63) is 23.9 Å². The third-order valence-electron chi connectivity index (χ3n) is 1.76. The SMILES string of the molecule is CCNCc1ccnc(OCC(F)(F)F)c1. The molecule has 0 atom stereocenters. The molecule has 0 aromatic carbocycles. The lowest BCUT2D eigenvalue weighted by Crippen LogP contribution is -2.19. The van der Waals surface area contributed by atoms with E-state index in [1.807, 2.05) is 6.92 Å². The molecular weight excluding hydrogens is 221 g/mol. The Bertz CT molecular complexity index is 328. The van der Waals surface area contributed by atoms with Crippen LogP contribution in [0.5, 0.6) is 5.88 Å². The molecule has 0 saturated heterocycles. The summed E-state index contributed by atoms with van der Waals surface area (Å²) in [5.41, 5.74) is 0.842. The van der Waals surface area contributed by atoms with Crippen molar-refractivity contribution in [2.24, 2.45) is 0 Å². The molecule has 1 aromatic heterocycles. The molecule has 16 heavy (non-hydrogen) atoms. The van der Waals surface area contributed by atoms with Gasteiger partial charge in [0.1, 0.15) is 0 Å². The summed E-state index contributed by atoms with van der Waals surface area (Å²) in [6.45, 7) is 2.01. The molecular formula is C10H13F3N2O. The van der Waals surface area contributed by atoms with Gasteiger partial charge < -0.3 is 10.1 Å². The molecule has 0 unspecified atom stereocenters. The van der Waals surface area contributed by atoms with Crippen LogP contribution in [0.1, 0.15) is 12.5 Å². The van der Waals surface area contributed by atoms with E-state index in [0.717, 1.165) is 12.1 Å². The van der Waals surface area contributed by atoms with Crippen LogP contribution in [0.4, 0.5) is 13.2 Å². The van der Waals surface area contributed by atoms with Crippen LogP contribution in [0.3, 0.4) is 0 Å². The summed E-state index contributed by atoms with van der Waals surface area (Å²) < 4.78 is 40.2. The van der Waals surface area contributed by atoms with Crippen LogP contribution < -0.4 is 10.1 Å². The predicted molar refractivity (Wildman–Crippen MR) is 53.2 cm³/mol. The Kier molecular flexibility index (Phi) is 4.54. The maximum Gasteiger partial charge on any atom is 0.422 e. The van der Waals surface area contributed by atoms with E-state index in [0.29, 0.717) is 6.54 Å². The number of hydrogen-bond acceptors (Lipinski definition) is 3. The van der Waals surface area contributed by atoms with Crippen molar-refractivity contribution in [3.63, 3.8) is 0 Å². The smallest absolute Gasteiger partial charge is 0.422 e. The minimum absolute atomic E-state index is 0.00673. The summed E-state index contributed by atoms with van der Waals surface area (Å²) >= 11 is 0. The van der Waals surface area contributed by atoms with E-state index in [1.54, 1.807) is 6.07 Å². The number of alkyl halides is 3. The molecule has 1 heterocycles. The largest absolute Gasteiger partial charge is 0.468 e. The van der Waals surface area contributed by atoms with Gasteiger partial charge in [-0.2, -0.15) is 13.2 Å². The van der Waals surface area contributed by atoms with Gasteiger partial charge in [0.25, 0.3) is 0 Å². The first-order valence-corrected chi connectivity index (χ1v) is 4.86. The van der Waals surface area contributed by atoms with E-state index in [4.69, 9.17) is 0 Å². The standard InChI is InChI=1S/C10H13F3N2O/c1-2-14-6-8-3-4-15-9(5-8)16-7-10(11,12)13/h3-5,14H,2,6-7H2,1H3. The molecule has 0 aliphatic rings. The van der Waals surface area contributed by atoms with Gasteiger partial charge >= 0.3 is 6.18 Å². The Morgan fingerprint density at radius 1 is 1.44 bits per heavy atom. The van der Waals surface area contributed by atoms with Crippen LogP contribution in [0.15, 0.2) is 18.3 Å². The van der Waals surface area contributed by atoms with Crippen molar-refractivity contribution in [1.29, 1.82) is 0 Å². The second-order valence-electron chi connectivity index (χ2n) is 3.19. The van der Waals surface area contributed by atoms with Gasteiger partial charge in [-0.3, -0.25) is 0 Å². The Labute approximate surface area is 91.6 Å². The molecule has 90 valence electrons. The molecule has 1 rings (SSSR count). The van der Waals surface area contributed by atoms with Gasteiger partial charge in [0, 0.05) is 18.8 Å². The Balaban J connectivity index is 2.53. The molecule has 0 radical (unpaired) electrons. The number of nitrogens with zero attached hydrogens (tertiary/aromatic N) is 1. The molecule has 0 aliphatic carbocycles. The zero-order valence-electron chi connectivity index (χ0n) is 8.84. The van der Waals surface area contributed by atoms with Crippen molar-refractivity contribution >= 4 is 0 Å². The Morgan fingerprint density at radius 2 is 2.19 bits per heavy atom. The lowest BCUT2D eigenvalue weighted by molar-refractivity contribution is -0.154. The number of halogens is 3. The Hall–Kier alpha value is -1.30. The van der Waals surface area contributed by atoms with Gasteiger partial charge in [-0.1, -0.05) is 6.92 Å². The first-order valence-electron chi connectivity index (χ1n) is 4.86. The van der Waals surface area contributed by atoms with Crippen molar-refractivity contribution < 1.29 is 17.9 Å². The Morgan fingerprint density at radius 3 is 2.81 bits per heavy atom. The van der Waals surface area contributed by atoms with E-state index in [2.05, 4.69) is 15.0 Å². The fourth-order valence-corrected chi connectivity index (χ4v) is 1.06. The molecule has 0 spiro atoms. The highest BCUT2D eigenvalue weighted by Gasteiger charge is 2.28. The van der Waals surface area contributed by atoms with Crippen LogP contribution in [0, 0.1) is 0 Å². The average molecular weight is 234 g/mol. The first kappa shape index (κ1) is 12.8. The summed E-state index contributed by atoms with van der Waals surface area (Å²) in [5, 5.41) is 3.06. The van der Waals surface area contributed by atoms with E-state index in [1.165, 1.54) is 12.3 Å². The number of nitrogens with one attached hydrogen (secondary N) is 1. The third kappa shape index (κ3) is 4.97. The number of rotatable bonds is 5. The molecule has 1 N–H and O–H groups in total. The van der Waals surface area contributed by atoms with Gasteiger partial charge in [-0.25, -0.2) is 4.98 Å². The van der Waals surface area contributed by atoms with Gasteiger partial charge in [0.15, 0.2) is 6.61 Å². The highest BCUT2D eigenvalue weighted by Crippen LogP contribution is 2.17. The minimum Gasteiger partial charge on any atom is -0.468 e. The van der Waals surface area contributed by atoms with E-state index in [-0.39, 0.29) is 5.88 Å². The molecule has 0 saturated carbocycles. The maximum absolute atomic E-state index is 11.9. The molecule has 1 aromatic rings. The summed E-state index contributed by atoms with van der Waals surface area (Å²) in [6.07, 6.45) is -2.91. The summed E-state index contributed by atoms with van der Waals surface area (Å²) in [6, 6.07) is 3.22. The van der Waals surface area contributed by atoms with E-state index in [9.17, 15) is 13.2 Å². The number of ether oxygens (including phenoxy) is 1.